The van der Waals surface area contributed by atoms with E-state index in [1.54, 1.807) is 25.1 Å². The maximum Gasteiger partial charge on any atom is 0.267 e. The van der Waals surface area contributed by atoms with Gasteiger partial charge in [-0.1, -0.05) is 30.1 Å². The number of hydrogen-bond acceptors (Lipinski definition) is 5. The topological polar surface area (TPSA) is 74.2 Å². The number of nitrogens with two attached hydrogens (primary N) is 1. The molecule has 21 heavy (non-hydrogen) atoms. The first-order valence-corrected chi connectivity index (χ1v) is 7.13. The van der Waals surface area contributed by atoms with Gasteiger partial charge in [0.1, 0.15) is 0 Å². The Morgan fingerprint density at radius 1 is 1.33 bits per heavy atom. The molecule has 112 valence electrons. The smallest absolute Gasteiger partial charge is 0.267 e. The zero-order valence-corrected chi connectivity index (χ0v) is 11.9. The number of hydrogen-bond donors (Lipinski definition) is 1. The molecule has 1 aromatic carbocycles. The van der Waals surface area contributed by atoms with Crippen LogP contribution in [-0.4, -0.2) is 10.1 Å². The summed E-state index contributed by atoms with van der Waals surface area (Å²) < 4.78 is 24.3. The van der Waals surface area contributed by atoms with Crippen molar-refractivity contribution >= 4 is 0 Å². The summed E-state index contributed by atoms with van der Waals surface area (Å²) in [6, 6.07) is 6.22. The van der Waals surface area contributed by atoms with E-state index < -0.39 is 17.5 Å². The molecule has 0 radical (unpaired) electrons. The van der Waals surface area contributed by atoms with Gasteiger partial charge in [-0.05, 0) is 31.9 Å². The van der Waals surface area contributed by atoms with Crippen LogP contribution >= 0.6 is 0 Å². The Morgan fingerprint density at radius 2 is 2.05 bits per heavy atom. The van der Waals surface area contributed by atoms with E-state index in [0.717, 1.165) is 25.7 Å². The first kappa shape index (κ1) is 14.0. The molecule has 1 saturated carbocycles. The zero-order valence-electron chi connectivity index (χ0n) is 11.9. The molecule has 0 amide bonds. The van der Waals surface area contributed by atoms with E-state index in [1.807, 2.05) is 0 Å². The molecule has 0 spiro atoms. The molecule has 1 aromatic heterocycles. The molecular formula is C15H18FN3O2. The summed E-state index contributed by atoms with van der Waals surface area (Å²) in [7, 11) is 0. The van der Waals surface area contributed by atoms with Crippen LogP contribution < -0.4 is 10.5 Å². The highest BCUT2D eigenvalue weighted by Crippen LogP contribution is 2.35. The average molecular weight is 291 g/mol. The molecule has 0 bridgehead atoms. The summed E-state index contributed by atoms with van der Waals surface area (Å²) in [5.74, 6) is 0.562. The molecule has 0 saturated heterocycles. The van der Waals surface area contributed by atoms with Gasteiger partial charge in [0.2, 0.25) is 0 Å². The first-order chi connectivity index (χ1) is 10.1. The van der Waals surface area contributed by atoms with Crippen LogP contribution in [0.4, 0.5) is 4.39 Å². The van der Waals surface area contributed by atoms with E-state index in [-0.39, 0.29) is 5.75 Å². The maximum atomic E-state index is 13.6. The van der Waals surface area contributed by atoms with Gasteiger partial charge in [0.25, 0.3) is 5.89 Å². The van der Waals surface area contributed by atoms with Crippen LogP contribution in [0.3, 0.4) is 0 Å². The lowest BCUT2D eigenvalue weighted by Gasteiger charge is -2.17. The van der Waals surface area contributed by atoms with E-state index in [9.17, 15) is 4.39 Å². The first-order valence-electron chi connectivity index (χ1n) is 7.13. The number of benzene rings is 1. The van der Waals surface area contributed by atoms with Crippen molar-refractivity contribution in [2.75, 3.05) is 0 Å². The largest absolute Gasteiger partial charge is 0.478 e. The van der Waals surface area contributed by atoms with Crippen molar-refractivity contribution in [2.45, 2.75) is 44.2 Å². The number of halogens is 1. The van der Waals surface area contributed by atoms with E-state index in [4.69, 9.17) is 15.0 Å². The molecule has 1 aliphatic rings. The lowest BCUT2D eigenvalue weighted by Crippen LogP contribution is -2.34. The summed E-state index contributed by atoms with van der Waals surface area (Å²) in [4.78, 5) is 4.34. The SMILES string of the molecule is CC(Oc1ccccc1F)c1nc(C2(N)CCCC2)no1. The summed E-state index contributed by atoms with van der Waals surface area (Å²) in [6.45, 7) is 1.74. The van der Waals surface area contributed by atoms with Gasteiger partial charge in [-0.2, -0.15) is 4.98 Å². The fraction of sp³-hybridized carbons (Fsp3) is 0.467. The van der Waals surface area contributed by atoms with Gasteiger partial charge in [0.15, 0.2) is 23.5 Å². The summed E-state index contributed by atoms with van der Waals surface area (Å²) in [6.07, 6.45) is 3.32. The van der Waals surface area contributed by atoms with Crippen molar-refractivity contribution in [1.29, 1.82) is 0 Å². The lowest BCUT2D eigenvalue weighted by atomic mass is 9.99. The Hall–Kier alpha value is -1.95. The lowest BCUT2D eigenvalue weighted by molar-refractivity contribution is 0.168. The molecule has 1 unspecified atom stereocenters. The van der Waals surface area contributed by atoms with Crippen molar-refractivity contribution in [3.63, 3.8) is 0 Å². The van der Waals surface area contributed by atoms with Gasteiger partial charge in [0.05, 0.1) is 5.54 Å². The molecule has 6 heteroatoms. The molecule has 1 fully saturated rings. The predicted octanol–water partition coefficient (Wildman–Crippen LogP) is 3.08. The molecule has 1 aliphatic carbocycles. The van der Waals surface area contributed by atoms with E-state index in [2.05, 4.69) is 10.1 Å². The Kier molecular flexibility index (Phi) is 3.63. The zero-order chi connectivity index (χ0) is 14.9. The molecule has 0 aliphatic heterocycles. The number of rotatable bonds is 4. The number of aromatic nitrogens is 2. The second-order valence-corrected chi connectivity index (χ2v) is 5.51. The molecule has 2 N–H and O–H groups in total. The minimum absolute atomic E-state index is 0.160. The van der Waals surface area contributed by atoms with Gasteiger partial charge in [0, 0.05) is 0 Å². The second kappa shape index (κ2) is 5.44. The van der Waals surface area contributed by atoms with E-state index >= 15 is 0 Å². The molecule has 2 aromatic rings. The minimum atomic E-state index is -0.534. The Morgan fingerprint density at radius 3 is 2.76 bits per heavy atom. The molecule has 5 nitrogen and oxygen atoms in total. The second-order valence-electron chi connectivity index (χ2n) is 5.51. The van der Waals surface area contributed by atoms with E-state index in [0.29, 0.717) is 11.7 Å². The van der Waals surface area contributed by atoms with Crippen molar-refractivity contribution in [3.05, 3.63) is 41.8 Å². The quantitative estimate of drug-likeness (QED) is 0.937. The Labute approximate surface area is 122 Å². The third-order valence-electron chi connectivity index (χ3n) is 3.87. The average Bonchev–Trinajstić information content (AvgIpc) is 3.11. The predicted molar refractivity (Wildman–Crippen MR) is 74.1 cm³/mol. The van der Waals surface area contributed by atoms with Crippen LogP contribution in [0.25, 0.3) is 0 Å². The highest BCUT2D eigenvalue weighted by atomic mass is 19.1. The van der Waals surface area contributed by atoms with Gasteiger partial charge >= 0.3 is 0 Å². The Balaban J connectivity index is 1.75. The fourth-order valence-corrected chi connectivity index (χ4v) is 2.61. The summed E-state index contributed by atoms with van der Waals surface area (Å²) >= 11 is 0. The maximum absolute atomic E-state index is 13.6. The van der Waals surface area contributed by atoms with Gasteiger partial charge < -0.3 is 15.0 Å². The van der Waals surface area contributed by atoms with Gasteiger partial charge in [-0.15, -0.1) is 0 Å². The number of para-hydroxylation sites is 1. The monoisotopic (exact) mass is 291 g/mol. The highest BCUT2D eigenvalue weighted by Gasteiger charge is 2.36. The summed E-state index contributed by atoms with van der Waals surface area (Å²) in [5, 5.41) is 3.97. The van der Waals surface area contributed by atoms with Crippen LogP contribution in [0.1, 0.15) is 50.4 Å². The van der Waals surface area contributed by atoms with Crippen molar-refractivity contribution in [1.82, 2.24) is 10.1 Å². The van der Waals surface area contributed by atoms with E-state index in [1.165, 1.54) is 6.07 Å². The molecule has 1 heterocycles. The normalized spacial score (nSPS) is 18.6. The number of nitrogens with zero attached hydrogens (tertiary/aromatic N) is 2. The summed E-state index contributed by atoms with van der Waals surface area (Å²) in [5.41, 5.74) is 5.78. The minimum Gasteiger partial charge on any atom is -0.478 e. The fourth-order valence-electron chi connectivity index (χ4n) is 2.61. The molecular weight excluding hydrogens is 273 g/mol. The van der Waals surface area contributed by atoms with Gasteiger partial charge in [-0.3, -0.25) is 0 Å². The third-order valence-corrected chi connectivity index (χ3v) is 3.87. The van der Waals surface area contributed by atoms with Crippen molar-refractivity contribution < 1.29 is 13.7 Å². The highest BCUT2D eigenvalue weighted by molar-refractivity contribution is 5.24. The van der Waals surface area contributed by atoms with Crippen LogP contribution in [-0.2, 0) is 5.54 Å². The standard InChI is InChI=1S/C15H18FN3O2/c1-10(20-12-7-3-2-6-11(12)16)13-18-14(19-21-13)15(17)8-4-5-9-15/h2-3,6-7,10H,4-5,8-9,17H2,1H3. The van der Waals surface area contributed by atoms with Gasteiger partial charge in [-0.25, -0.2) is 4.39 Å². The van der Waals surface area contributed by atoms with Crippen LogP contribution in [0, 0.1) is 5.82 Å². The van der Waals surface area contributed by atoms with Crippen LogP contribution in [0.2, 0.25) is 0 Å². The Bertz CT molecular complexity index is 623. The molecule has 1 atom stereocenters. The third kappa shape index (κ3) is 2.76. The van der Waals surface area contributed by atoms with Crippen LogP contribution in [0.15, 0.2) is 28.8 Å². The van der Waals surface area contributed by atoms with Crippen LogP contribution in [0.5, 0.6) is 5.75 Å². The van der Waals surface area contributed by atoms with Crippen molar-refractivity contribution in [3.8, 4) is 5.75 Å². The number of ether oxygens (including phenoxy) is 1. The molecule has 3 rings (SSSR count). The van der Waals surface area contributed by atoms with Crippen molar-refractivity contribution in [2.24, 2.45) is 5.73 Å².